The van der Waals surface area contributed by atoms with Crippen LogP contribution in [0.15, 0.2) is 24.4 Å². The largest absolute Gasteiger partial charge is 0.479 e. The summed E-state index contributed by atoms with van der Waals surface area (Å²) in [5, 5.41) is 7.62. The maximum absolute atomic E-state index is 15.1. The fourth-order valence-corrected chi connectivity index (χ4v) is 5.55. The van der Waals surface area contributed by atoms with Gasteiger partial charge in [-0.25, -0.2) is 27.1 Å². The summed E-state index contributed by atoms with van der Waals surface area (Å²) in [6, 6.07) is 4.17. The molecule has 13 heteroatoms. The first kappa shape index (κ1) is 25.8. The molecule has 0 unspecified atom stereocenters. The summed E-state index contributed by atoms with van der Waals surface area (Å²) in [5.74, 6) is 0.0796. The van der Waals surface area contributed by atoms with Crippen molar-refractivity contribution in [1.29, 1.82) is 0 Å². The molecule has 3 aromatic heterocycles. The molecule has 4 aromatic rings. The van der Waals surface area contributed by atoms with Gasteiger partial charge in [-0.3, -0.25) is 4.90 Å². The van der Waals surface area contributed by atoms with Crippen molar-refractivity contribution in [3.05, 3.63) is 36.0 Å². The molecule has 0 bridgehead atoms. The molecule has 2 aliphatic rings. The van der Waals surface area contributed by atoms with Gasteiger partial charge in [-0.05, 0) is 44.0 Å². The predicted molar refractivity (Wildman–Crippen MR) is 137 cm³/mol. The number of imidazole rings is 1. The molecule has 0 saturated carbocycles. The number of anilines is 1. The van der Waals surface area contributed by atoms with E-state index in [0.717, 1.165) is 6.54 Å². The lowest BCUT2D eigenvalue weighted by Gasteiger charge is -2.50. The van der Waals surface area contributed by atoms with Gasteiger partial charge in [0.05, 0.1) is 44.0 Å². The van der Waals surface area contributed by atoms with E-state index in [9.17, 15) is 8.78 Å². The highest BCUT2D eigenvalue weighted by Crippen LogP contribution is 2.35. The monoisotopic (exact) mass is 547 g/mol. The Morgan fingerprint density at radius 3 is 2.72 bits per heavy atom. The number of piperidine rings is 1. The number of likely N-dealkylation sites (tertiary alicyclic amines) is 1. The van der Waals surface area contributed by atoms with Crippen LogP contribution >= 0.6 is 0 Å². The first-order valence-electron chi connectivity index (χ1n) is 12.8. The first-order valence-corrected chi connectivity index (χ1v) is 12.8. The fraction of sp³-hybridized carbons (Fsp3) is 0.500. The van der Waals surface area contributed by atoms with Crippen molar-refractivity contribution < 1.29 is 27.0 Å². The molecule has 0 spiro atoms. The minimum absolute atomic E-state index is 0.0285. The molecule has 208 valence electrons. The Balaban J connectivity index is 1.31. The zero-order valence-electron chi connectivity index (χ0n) is 21.8. The van der Waals surface area contributed by atoms with Crippen LogP contribution in [0.3, 0.4) is 0 Å². The number of hydrogen-bond donors (Lipinski definition) is 1. The van der Waals surface area contributed by atoms with Crippen LogP contribution in [0, 0.1) is 12.7 Å². The number of halogens is 4. The Hall–Kier alpha value is -3.45. The molecule has 1 aromatic carbocycles. The summed E-state index contributed by atoms with van der Waals surface area (Å²) in [6.07, 6.45) is -1.51. The standard InChI is InChI=1S/C26H29F4N7O2/c1-14-31-22-17(27)8-15(9-20(22)36(14)11-21(29)30)16-4-7-37-23(16)24(38-3)33-25(34-37)32-19-5-6-35(10-18(19)28)26(2)12-39-13-26/h4,7-9,18-19,21H,5-6,10-13H2,1-3H3,(H,32,34)/t18-,19+/m1/s1. The quantitative estimate of drug-likeness (QED) is 0.349. The van der Waals surface area contributed by atoms with Crippen LogP contribution in [0.2, 0.25) is 0 Å². The molecule has 0 amide bonds. The minimum Gasteiger partial charge on any atom is -0.479 e. The van der Waals surface area contributed by atoms with Crippen LogP contribution in [0.5, 0.6) is 5.88 Å². The van der Waals surface area contributed by atoms with E-state index in [2.05, 4.69) is 32.2 Å². The van der Waals surface area contributed by atoms with E-state index in [1.165, 1.54) is 22.3 Å². The Labute approximate surface area is 221 Å². The molecule has 6 rings (SSSR count). The fourth-order valence-electron chi connectivity index (χ4n) is 5.55. The minimum atomic E-state index is -2.62. The van der Waals surface area contributed by atoms with Crippen molar-refractivity contribution in [3.63, 3.8) is 0 Å². The summed E-state index contributed by atoms with van der Waals surface area (Å²) in [4.78, 5) is 10.7. The molecule has 2 fully saturated rings. The van der Waals surface area contributed by atoms with Gasteiger partial charge in [0.25, 0.3) is 6.43 Å². The molecule has 0 radical (unpaired) electrons. The number of alkyl halides is 3. The van der Waals surface area contributed by atoms with Gasteiger partial charge in [-0.1, -0.05) is 0 Å². The molecular weight excluding hydrogens is 518 g/mol. The summed E-state index contributed by atoms with van der Waals surface area (Å²) in [5.41, 5.74) is 1.62. The van der Waals surface area contributed by atoms with Crippen LogP contribution in [0.25, 0.3) is 27.7 Å². The number of aryl methyl sites for hydroxylation is 1. The molecular formula is C26H29F4N7O2. The molecule has 2 saturated heterocycles. The normalized spacial score (nSPS) is 21.5. The molecule has 5 heterocycles. The van der Waals surface area contributed by atoms with E-state index in [0.29, 0.717) is 48.6 Å². The molecule has 1 N–H and O–H groups in total. The van der Waals surface area contributed by atoms with Crippen LogP contribution in [-0.2, 0) is 11.3 Å². The van der Waals surface area contributed by atoms with E-state index in [1.807, 2.05) is 0 Å². The summed E-state index contributed by atoms with van der Waals surface area (Å²) < 4.78 is 70.3. The lowest BCUT2D eigenvalue weighted by Crippen LogP contribution is -2.64. The maximum Gasteiger partial charge on any atom is 0.256 e. The van der Waals surface area contributed by atoms with Crippen molar-refractivity contribution in [2.75, 3.05) is 38.7 Å². The van der Waals surface area contributed by atoms with Crippen molar-refractivity contribution in [2.45, 2.75) is 51.0 Å². The maximum atomic E-state index is 15.1. The summed E-state index contributed by atoms with van der Waals surface area (Å²) in [6.45, 7) is 5.28. The molecule has 2 atom stereocenters. The van der Waals surface area contributed by atoms with Crippen molar-refractivity contribution >= 4 is 22.5 Å². The van der Waals surface area contributed by atoms with Crippen LogP contribution in [-0.4, -0.2) is 86.6 Å². The smallest absolute Gasteiger partial charge is 0.256 e. The van der Waals surface area contributed by atoms with E-state index < -0.39 is 31.0 Å². The van der Waals surface area contributed by atoms with Gasteiger partial charge >= 0.3 is 0 Å². The van der Waals surface area contributed by atoms with Gasteiger partial charge in [0.1, 0.15) is 23.0 Å². The van der Waals surface area contributed by atoms with Crippen LogP contribution < -0.4 is 10.1 Å². The predicted octanol–water partition coefficient (Wildman–Crippen LogP) is 4.08. The highest BCUT2D eigenvalue weighted by atomic mass is 19.3. The number of ether oxygens (including phenoxy) is 2. The molecule has 0 aliphatic carbocycles. The number of benzene rings is 1. The van der Waals surface area contributed by atoms with Gasteiger partial charge in [-0.15, -0.1) is 5.10 Å². The van der Waals surface area contributed by atoms with Crippen molar-refractivity contribution in [2.24, 2.45) is 0 Å². The first-order chi connectivity index (χ1) is 18.7. The lowest BCUT2D eigenvalue weighted by molar-refractivity contribution is -0.142. The number of nitrogens with zero attached hydrogens (tertiary/aromatic N) is 6. The van der Waals surface area contributed by atoms with Crippen molar-refractivity contribution in [3.8, 4) is 17.0 Å². The number of aromatic nitrogens is 5. The molecule has 9 nitrogen and oxygen atoms in total. The third-order valence-corrected chi connectivity index (χ3v) is 7.75. The number of methoxy groups -OCH3 is 1. The Morgan fingerprint density at radius 1 is 1.26 bits per heavy atom. The summed E-state index contributed by atoms with van der Waals surface area (Å²) >= 11 is 0. The van der Waals surface area contributed by atoms with Gasteiger partial charge in [0.15, 0.2) is 5.82 Å². The Morgan fingerprint density at radius 2 is 2.05 bits per heavy atom. The van der Waals surface area contributed by atoms with Crippen LogP contribution in [0.1, 0.15) is 19.2 Å². The van der Waals surface area contributed by atoms with E-state index in [-0.39, 0.29) is 28.4 Å². The van der Waals surface area contributed by atoms with Crippen molar-refractivity contribution in [1.82, 2.24) is 29.0 Å². The van der Waals surface area contributed by atoms with Gasteiger partial charge in [0.2, 0.25) is 11.8 Å². The van der Waals surface area contributed by atoms with E-state index >= 15 is 8.78 Å². The van der Waals surface area contributed by atoms with E-state index in [4.69, 9.17) is 9.47 Å². The number of fused-ring (bicyclic) bond motifs is 2. The molecule has 39 heavy (non-hydrogen) atoms. The van der Waals surface area contributed by atoms with Crippen LogP contribution in [0.4, 0.5) is 23.5 Å². The van der Waals surface area contributed by atoms with Gasteiger partial charge in [-0.2, -0.15) is 4.98 Å². The Bertz CT molecular complexity index is 1530. The lowest BCUT2D eigenvalue weighted by atomic mass is 9.92. The van der Waals surface area contributed by atoms with E-state index in [1.54, 1.807) is 25.3 Å². The number of nitrogens with one attached hydrogen (secondary N) is 1. The SMILES string of the molecule is COc1nc(N[C@H]2CCN(C3(C)COC3)C[C@H]2F)nn2ccc(-c3cc(F)c4nc(C)n(CC(F)F)c4c3)c12. The second-order valence-corrected chi connectivity index (χ2v) is 10.4. The van der Waals surface area contributed by atoms with Gasteiger partial charge in [0, 0.05) is 24.8 Å². The third-order valence-electron chi connectivity index (χ3n) is 7.75. The highest BCUT2D eigenvalue weighted by molar-refractivity contribution is 5.90. The third kappa shape index (κ3) is 4.46. The zero-order chi connectivity index (χ0) is 27.5. The molecule has 2 aliphatic heterocycles. The Kier molecular flexibility index (Phi) is 6.37. The number of rotatable bonds is 7. The zero-order valence-corrected chi connectivity index (χ0v) is 21.8. The topological polar surface area (TPSA) is 81.7 Å². The highest BCUT2D eigenvalue weighted by Gasteiger charge is 2.43. The summed E-state index contributed by atoms with van der Waals surface area (Å²) in [7, 11) is 1.45. The van der Waals surface area contributed by atoms with Gasteiger partial charge < -0.3 is 19.4 Å². The number of hydrogen-bond acceptors (Lipinski definition) is 7. The second kappa shape index (κ2) is 9.63. The average molecular weight is 548 g/mol. The average Bonchev–Trinajstić information content (AvgIpc) is 3.44. The second-order valence-electron chi connectivity index (χ2n) is 10.4.